The van der Waals surface area contributed by atoms with Crippen molar-refractivity contribution in [3.8, 4) is 0 Å². The summed E-state index contributed by atoms with van der Waals surface area (Å²) in [6.45, 7) is 0. The smallest absolute Gasteiger partial charge is 0.339 e. The number of aryl methyl sites for hydroxylation is 1. The molecule has 100 valence electrons. The van der Waals surface area contributed by atoms with E-state index in [1.165, 1.54) is 5.56 Å². The Labute approximate surface area is 118 Å². The first kappa shape index (κ1) is 12.7. The zero-order valence-corrected chi connectivity index (χ0v) is 11.2. The molecule has 2 nitrogen and oxygen atoms in total. The summed E-state index contributed by atoms with van der Waals surface area (Å²) in [5.41, 5.74) is 2.88. The van der Waals surface area contributed by atoms with E-state index in [1.807, 2.05) is 54.6 Å². The molecule has 1 heterocycles. The summed E-state index contributed by atoms with van der Waals surface area (Å²) in [6, 6.07) is 19.9. The van der Waals surface area contributed by atoms with Crippen LogP contribution in [0.4, 0.5) is 0 Å². The number of cyclic esters (lactones) is 1. The average molecular weight is 264 g/mol. The van der Waals surface area contributed by atoms with Crippen molar-refractivity contribution >= 4 is 11.5 Å². The van der Waals surface area contributed by atoms with Crippen LogP contribution in [0, 0.1) is 0 Å². The second kappa shape index (κ2) is 5.74. The lowest BCUT2D eigenvalue weighted by Crippen LogP contribution is -2.09. The number of benzene rings is 2. The third-order valence-corrected chi connectivity index (χ3v) is 3.48. The number of hydrogen-bond acceptors (Lipinski definition) is 2. The van der Waals surface area contributed by atoms with Crippen LogP contribution in [-0.4, -0.2) is 12.1 Å². The zero-order valence-electron chi connectivity index (χ0n) is 11.2. The summed E-state index contributed by atoms with van der Waals surface area (Å²) in [5, 5.41) is 0. The molecule has 0 saturated carbocycles. The first-order chi connectivity index (χ1) is 9.83. The van der Waals surface area contributed by atoms with Gasteiger partial charge in [-0.15, -0.1) is 0 Å². The SMILES string of the molecule is O=C1OC(CCc2ccccc2)C=C1c1ccccc1. The number of ether oxygens (including phenoxy) is 1. The van der Waals surface area contributed by atoms with E-state index in [2.05, 4.69) is 12.1 Å². The molecule has 20 heavy (non-hydrogen) atoms. The Morgan fingerprint density at radius 3 is 2.25 bits per heavy atom. The maximum Gasteiger partial charge on any atom is 0.339 e. The molecule has 1 aliphatic heterocycles. The molecule has 1 unspecified atom stereocenters. The van der Waals surface area contributed by atoms with E-state index in [1.54, 1.807) is 0 Å². The van der Waals surface area contributed by atoms with Gasteiger partial charge in [-0.25, -0.2) is 4.79 Å². The lowest BCUT2D eigenvalue weighted by molar-refractivity contribution is -0.137. The van der Waals surface area contributed by atoms with Gasteiger partial charge in [0.05, 0.1) is 5.57 Å². The quantitative estimate of drug-likeness (QED) is 0.788. The second-order valence-electron chi connectivity index (χ2n) is 4.91. The molecule has 0 saturated heterocycles. The van der Waals surface area contributed by atoms with Gasteiger partial charge in [-0.1, -0.05) is 60.7 Å². The fourth-order valence-corrected chi connectivity index (χ4v) is 2.42. The lowest BCUT2D eigenvalue weighted by Gasteiger charge is -2.07. The van der Waals surface area contributed by atoms with Crippen LogP contribution in [0.3, 0.4) is 0 Å². The molecule has 0 aromatic heterocycles. The highest BCUT2D eigenvalue weighted by Crippen LogP contribution is 2.25. The van der Waals surface area contributed by atoms with Crippen molar-refractivity contribution in [3.05, 3.63) is 77.9 Å². The van der Waals surface area contributed by atoms with Crippen molar-refractivity contribution < 1.29 is 9.53 Å². The standard InChI is InChI=1S/C18H16O2/c19-18-17(15-9-5-2-6-10-15)13-16(20-18)12-11-14-7-3-1-4-8-14/h1-10,13,16H,11-12H2. The van der Waals surface area contributed by atoms with Gasteiger partial charge in [-0.05, 0) is 30.0 Å². The molecule has 0 bridgehead atoms. The third-order valence-electron chi connectivity index (χ3n) is 3.48. The van der Waals surface area contributed by atoms with E-state index >= 15 is 0 Å². The first-order valence-electron chi connectivity index (χ1n) is 6.85. The molecular formula is C18H16O2. The van der Waals surface area contributed by atoms with Crippen molar-refractivity contribution in [2.45, 2.75) is 18.9 Å². The molecule has 0 aliphatic carbocycles. The molecule has 0 fully saturated rings. The van der Waals surface area contributed by atoms with Crippen molar-refractivity contribution in [1.29, 1.82) is 0 Å². The van der Waals surface area contributed by atoms with Crippen LogP contribution in [0.2, 0.25) is 0 Å². The largest absolute Gasteiger partial charge is 0.454 e. The van der Waals surface area contributed by atoms with Gasteiger partial charge < -0.3 is 4.74 Å². The summed E-state index contributed by atoms with van der Waals surface area (Å²) in [6.07, 6.45) is 3.57. The predicted molar refractivity (Wildman–Crippen MR) is 79.1 cm³/mol. The molecule has 1 aliphatic rings. The monoisotopic (exact) mass is 264 g/mol. The molecule has 2 aromatic carbocycles. The number of rotatable bonds is 4. The third kappa shape index (κ3) is 2.80. The minimum Gasteiger partial charge on any atom is -0.454 e. The van der Waals surface area contributed by atoms with E-state index in [9.17, 15) is 4.79 Å². The second-order valence-corrected chi connectivity index (χ2v) is 4.91. The molecule has 3 rings (SSSR count). The number of carbonyl (C=O) groups is 1. The van der Waals surface area contributed by atoms with Crippen LogP contribution >= 0.6 is 0 Å². The van der Waals surface area contributed by atoms with E-state index in [-0.39, 0.29) is 12.1 Å². The van der Waals surface area contributed by atoms with E-state index in [0.29, 0.717) is 5.57 Å². The molecule has 0 radical (unpaired) electrons. The fourth-order valence-electron chi connectivity index (χ4n) is 2.42. The van der Waals surface area contributed by atoms with Crippen LogP contribution in [0.5, 0.6) is 0 Å². The maximum atomic E-state index is 11.9. The highest BCUT2D eigenvalue weighted by Gasteiger charge is 2.25. The molecule has 0 spiro atoms. The van der Waals surface area contributed by atoms with Crippen LogP contribution in [-0.2, 0) is 16.0 Å². The Morgan fingerprint density at radius 2 is 1.55 bits per heavy atom. The molecule has 2 aromatic rings. The van der Waals surface area contributed by atoms with Crippen molar-refractivity contribution in [2.24, 2.45) is 0 Å². The van der Waals surface area contributed by atoms with Gasteiger partial charge in [-0.3, -0.25) is 0 Å². The Kier molecular flexibility index (Phi) is 3.64. The Balaban J connectivity index is 1.68. The van der Waals surface area contributed by atoms with Gasteiger partial charge >= 0.3 is 5.97 Å². The number of hydrogen-bond donors (Lipinski definition) is 0. The molecule has 0 amide bonds. The summed E-state index contributed by atoms with van der Waals surface area (Å²) in [5.74, 6) is -0.214. The predicted octanol–water partition coefficient (Wildman–Crippen LogP) is 3.63. The number of carbonyl (C=O) groups excluding carboxylic acids is 1. The summed E-state index contributed by atoms with van der Waals surface area (Å²) < 4.78 is 5.42. The van der Waals surface area contributed by atoms with Crippen LogP contribution in [0.1, 0.15) is 17.5 Å². The van der Waals surface area contributed by atoms with Gasteiger partial charge in [0.2, 0.25) is 0 Å². The zero-order chi connectivity index (χ0) is 13.8. The molecule has 2 heteroatoms. The Bertz CT molecular complexity index is 614. The van der Waals surface area contributed by atoms with E-state index in [4.69, 9.17) is 4.74 Å². The van der Waals surface area contributed by atoms with Gasteiger partial charge in [0.15, 0.2) is 0 Å². The van der Waals surface area contributed by atoms with E-state index < -0.39 is 0 Å². The normalized spacial score (nSPS) is 17.7. The highest BCUT2D eigenvalue weighted by molar-refractivity contribution is 6.18. The van der Waals surface area contributed by atoms with Crippen molar-refractivity contribution in [2.75, 3.05) is 0 Å². The summed E-state index contributed by atoms with van der Waals surface area (Å²) in [7, 11) is 0. The molecule has 0 N–H and O–H groups in total. The van der Waals surface area contributed by atoms with Gasteiger partial charge in [0.1, 0.15) is 6.10 Å². The molecule has 1 atom stereocenters. The van der Waals surface area contributed by atoms with Crippen LogP contribution in [0.25, 0.3) is 5.57 Å². The summed E-state index contributed by atoms with van der Waals surface area (Å²) in [4.78, 5) is 11.9. The first-order valence-corrected chi connectivity index (χ1v) is 6.85. The van der Waals surface area contributed by atoms with Crippen molar-refractivity contribution in [3.63, 3.8) is 0 Å². The minimum atomic E-state index is -0.214. The highest BCUT2D eigenvalue weighted by atomic mass is 16.5. The molecular weight excluding hydrogens is 248 g/mol. The fraction of sp³-hybridized carbons (Fsp3) is 0.167. The minimum absolute atomic E-state index is 0.113. The van der Waals surface area contributed by atoms with Crippen LogP contribution in [0.15, 0.2) is 66.7 Å². The lowest BCUT2D eigenvalue weighted by atomic mass is 10.0. The van der Waals surface area contributed by atoms with E-state index in [0.717, 1.165) is 18.4 Å². The Hall–Kier alpha value is -2.35. The average Bonchev–Trinajstić information content (AvgIpc) is 2.88. The maximum absolute atomic E-state index is 11.9. The van der Waals surface area contributed by atoms with Crippen molar-refractivity contribution in [1.82, 2.24) is 0 Å². The Morgan fingerprint density at radius 1 is 0.900 bits per heavy atom. The topological polar surface area (TPSA) is 26.3 Å². The van der Waals surface area contributed by atoms with Gasteiger partial charge in [0, 0.05) is 0 Å². The number of esters is 1. The summed E-state index contributed by atoms with van der Waals surface area (Å²) >= 11 is 0. The van der Waals surface area contributed by atoms with Gasteiger partial charge in [0.25, 0.3) is 0 Å². The van der Waals surface area contributed by atoms with Crippen LogP contribution < -0.4 is 0 Å². The van der Waals surface area contributed by atoms with Gasteiger partial charge in [-0.2, -0.15) is 0 Å².